The Morgan fingerprint density at radius 3 is 2.12 bits per heavy atom. The van der Waals surface area contributed by atoms with Crippen LogP contribution in [0.1, 0.15) is 20.3 Å². The van der Waals surface area contributed by atoms with Crippen LogP contribution in [0, 0.1) is 5.92 Å². The van der Waals surface area contributed by atoms with E-state index in [2.05, 4.69) is 22.6 Å². The molecule has 0 spiro atoms. The summed E-state index contributed by atoms with van der Waals surface area (Å²) in [6, 6.07) is 0. The van der Waals surface area contributed by atoms with Crippen molar-refractivity contribution in [2.24, 2.45) is 5.92 Å². The van der Waals surface area contributed by atoms with Crippen LogP contribution in [-0.4, -0.2) is 25.7 Å². The van der Waals surface area contributed by atoms with Crippen LogP contribution in [0.5, 0.6) is 0 Å². The van der Waals surface area contributed by atoms with Crippen molar-refractivity contribution in [3.8, 4) is 0 Å². The topological polar surface area (TPSA) is 52.6 Å². The lowest BCUT2D eigenvalue weighted by Crippen LogP contribution is -2.11. The number of carbonyl (C=O) groups is 2. The first-order valence-electron chi connectivity index (χ1n) is 4.92. The molecule has 0 aromatic carbocycles. The molecule has 0 aliphatic heterocycles. The summed E-state index contributed by atoms with van der Waals surface area (Å²) in [5.74, 6) is -0.484. The molecule has 0 aliphatic rings. The highest BCUT2D eigenvalue weighted by molar-refractivity contribution is 5.71. The largest absolute Gasteiger partial charge is 0.469 e. The highest BCUT2D eigenvalue weighted by Gasteiger charge is 2.09. The van der Waals surface area contributed by atoms with Crippen molar-refractivity contribution in [3.63, 3.8) is 0 Å². The molecule has 0 saturated carbocycles. The van der Waals surface area contributed by atoms with Gasteiger partial charge < -0.3 is 9.47 Å². The summed E-state index contributed by atoms with van der Waals surface area (Å²) in [5, 5.41) is 0. The number of ether oxygens (including phenoxy) is 2. The molecule has 0 aliphatic carbocycles. The molecule has 0 saturated heterocycles. The molecule has 0 aromatic rings. The Morgan fingerprint density at radius 2 is 1.88 bits per heavy atom. The summed E-state index contributed by atoms with van der Waals surface area (Å²) >= 11 is 0. The van der Waals surface area contributed by atoms with Gasteiger partial charge in [-0.1, -0.05) is 25.7 Å². The van der Waals surface area contributed by atoms with E-state index in [9.17, 15) is 9.59 Å². The highest BCUT2D eigenvalue weighted by atomic mass is 16.5. The molecular weight excluding hydrogens is 208 g/mol. The molecular formula is C12H20O4. The Balaban J connectivity index is 0. The standard InChI is InChI=1S/C7H12O2.C5H8O2/c1-4-5-6(2)7(8)9-3;1-3-4-7-5(2)6/h4,6H,1,5H2,2-3H3;3H,1,4H2,2H3. The number of methoxy groups -OCH3 is 1. The first-order valence-corrected chi connectivity index (χ1v) is 4.92. The van der Waals surface area contributed by atoms with Crippen LogP contribution in [-0.2, 0) is 19.1 Å². The lowest BCUT2D eigenvalue weighted by Gasteiger charge is -2.03. The van der Waals surface area contributed by atoms with Crippen molar-refractivity contribution >= 4 is 11.9 Å². The number of hydrogen-bond donors (Lipinski definition) is 0. The van der Waals surface area contributed by atoms with Gasteiger partial charge in [-0.05, 0) is 6.42 Å². The van der Waals surface area contributed by atoms with Gasteiger partial charge in [-0.25, -0.2) is 0 Å². The number of hydrogen-bond acceptors (Lipinski definition) is 4. The van der Waals surface area contributed by atoms with Crippen molar-refractivity contribution in [2.75, 3.05) is 13.7 Å². The molecule has 0 radical (unpaired) electrons. The quantitative estimate of drug-likeness (QED) is 0.534. The molecule has 0 heterocycles. The molecule has 0 bridgehead atoms. The molecule has 1 unspecified atom stereocenters. The second kappa shape index (κ2) is 11.5. The van der Waals surface area contributed by atoms with E-state index in [0.717, 1.165) is 0 Å². The summed E-state index contributed by atoms with van der Waals surface area (Å²) in [4.78, 5) is 20.6. The molecule has 0 fully saturated rings. The summed E-state index contributed by atoms with van der Waals surface area (Å²) < 4.78 is 8.91. The second-order valence-electron chi connectivity index (χ2n) is 3.04. The second-order valence-corrected chi connectivity index (χ2v) is 3.04. The molecule has 4 heteroatoms. The fourth-order valence-electron chi connectivity index (χ4n) is 0.724. The van der Waals surface area contributed by atoms with Crippen molar-refractivity contribution in [1.29, 1.82) is 0 Å². The van der Waals surface area contributed by atoms with Crippen LogP contribution in [0.15, 0.2) is 25.3 Å². The van der Waals surface area contributed by atoms with Crippen LogP contribution in [0.25, 0.3) is 0 Å². The van der Waals surface area contributed by atoms with Gasteiger partial charge >= 0.3 is 11.9 Å². The van der Waals surface area contributed by atoms with Gasteiger partial charge in [-0.15, -0.1) is 6.58 Å². The molecule has 0 N–H and O–H groups in total. The molecule has 0 rings (SSSR count). The van der Waals surface area contributed by atoms with Crippen molar-refractivity contribution in [3.05, 3.63) is 25.3 Å². The van der Waals surface area contributed by atoms with E-state index in [-0.39, 0.29) is 17.9 Å². The van der Waals surface area contributed by atoms with Gasteiger partial charge in [0.25, 0.3) is 0 Å². The summed E-state index contributed by atoms with van der Waals surface area (Å²) in [5.41, 5.74) is 0. The Morgan fingerprint density at radius 1 is 1.31 bits per heavy atom. The van der Waals surface area contributed by atoms with Crippen LogP contribution in [0.3, 0.4) is 0 Å². The summed E-state index contributed by atoms with van der Waals surface area (Å²) in [7, 11) is 1.39. The lowest BCUT2D eigenvalue weighted by atomic mass is 10.1. The van der Waals surface area contributed by atoms with E-state index in [1.807, 2.05) is 6.92 Å². The maximum absolute atomic E-state index is 10.6. The van der Waals surface area contributed by atoms with Crippen molar-refractivity contribution in [1.82, 2.24) is 0 Å². The van der Waals surface area contributed by atoms with Gasteiger partial charge in [-0.3, -0.25) is 9.59 Å². The minimum absolute atomic E-state index is 0.0486. The minimum atomic E-state index is -0.264. The molecule has 0 aromatic heterocycles. The zero-order chi connectivity index (χ0) is 13.0. The third-order valence-electron chi connectivity index (χ3n) is 1.53. The first-order chi connectivity index (χ1) is 7.49. The zero-order valence-electron chi connectivity index (χ0n) is 10.2. The third kappa shape index (κ3) is 12.4. The minimum Gasteiger partial charge on any atom is -0.469 e. The van der Waals surface area contributed by atoms with Crippen LogP contribution in [0.2, 0.25) is 0 Å². The van der Waals surface area contributed by atoms with Gasteiger partial charge in [-0.2, -0.15) is 0 Å². The van der Waals surface area contributed by atoms with Crippen molar-refractivity contribution < 1.29 is 19.1 Å². The van der Waals surface area contributed by atoms with Gasteiger partial charge in [0.2, 0.25) is 0 Å². The Hall–Kier alpha value is -1.58. The van der Waals surface area contributed by atoms with Gasteiger partial charge in [0.05, 0.1) is 13.0 Å². The SMILES string of the molecule is C=CCC(C)C(=O)OC.C=CCOC(C)=O. The van der Waals surface area contributed by atoms with E-state index >= 15 is 0 Å². The number of rotatable bonds is 5. The molecule has 16 heavy (non-hydrogen) atoms. The maximum atomic E-state index is 10.6. The van der Waals surface area contributed by atoms with Crippen LogP contribution < -0.4 is 0 Å². The molecule has 4 nitrogen and oxygen atoms in total. The monoisotopic (exact) mass is 228 g/mol. The molecule has 1 atom stereocenters. The van der Waals surface area contributed by atoms with Gasteiger partial charge in [0, 0.05) is 6.92 Å². The summed E-state index contributed by atoms with van der Waals surface area (Å²) in [6.45, 7) is 10.4. The maximum Gasteiger partial charge on any atom is 0.308 e. The Bertz CT molecular complexity index is 233. The average Bonchev–Trinajstić information content (AvgIpc) is 2.26. The smallest absolute Gasteiger partial charge is 0.308 e. The fourth-order valence-corrected chi connectivity index (χ4v) is 0.724. The molecule has 0 amide bonds. The Labute approximate surface area is 96.9 Å². The molecule has 92 valence electrons. The van der Waals surface area contributed by atoms with E-state index in [0.29, 0.717) is 13.0 Å². The van der Waals surface area contributed by atoms with Crippen molar-refractivity contribution in [2.45, 2.75) is 20.3 Å². The summed E-state index contributed by atoms with van der Waals surface area (Å²) in [6.07, 6.45) is 3.93. The van der Waals surface area contributed by atoms with E-state index in [1.54, 1.807) is 6.08 Å². The zero-order valence-corrected chi connectivity index (χ0v) is 10.2. The predicted molar refractivity (Wildman–Crippen MR) is 62.8 cm³/mol. The van der Waals surface area contributed by atoms with E-state index in [4.69, 9.17) is 0 Å². The lowest BCUT2D eigenvalue weighted by molar-refractivity contribution is -0.144. The van der Waals surface area contributed by atoms with E-state index in [1.165, 1.54) is 20.1 Å². The number of allylic oxidation sites excluding steroid dienone is 1. The predicted octanol–water partition coefficient (Wildman–Crippen LogP) is 2.11. The normalized spacial score (nSPS) is 10.2. The first kappa shape index (κ1) is 16.8. The highest BCUT2D eigenvalue weighted by Crippen LogP contribution is 2.02. The van der Waals surface area contributed by atoms with Crippen LogP contribution >= 0.6 is 0 Å². The average molecular weight is 228 g/mol. The fraction of sp³-hybridized carbons (Fsp3) is 0.500. The van der Waals surface area contributed by atoms with Gasteiger partial charge in [0.1, 0.15) is 6.61 Å². The number of carbonyl (C=O) groups excluding carboxylic acids is 2. The van der Waals surface area contributed by atoms with Gasteiger partial charge in [0.15, 0.2) is 0 Å². The third-order valence-corrected chi connectivity index (χ3v) is 1.53. The van der Waals surface area contributed by atoms with Crippen LogP contribution in [0.4, 0.5) is 0 Å². The van der Waals surface area contributed by atoms with E-state index < -0.39 is 0 Å². The Kier molecular flexibility index (Phi) is 12.1. The number of esters is 2.